The number of carbonyl (C=O) groups is 1. The van der Waals surface area contributed by atoms with Gasteiger partial charge in [-0.15, -0.1) is 0 Å². The van der Waals surface area contributed by atoms with Crippen molar-refractivity contribution in [2.24, 2.45) is 17.8 Å². The second-order valence-corrected chi connectivity index (χ2v) is 6.74. The molecule has 0 aromatic carbocycles. The number of rotatable bonds is 7. The summed E-state index contributed by atoms with van der Waals surface area (Å²) in [6.07, 6.45) is 7.62. The van der Waals surface area contributed by atoms with Crippen LogP contribution in [0.3, 0.4) is 0 Å². The Morgan fingerprint density at radius 3 is 2.48 bits per heavy atom. The Morgan fingerprint density at radius 2 is 1.81 bits per heavy atom. The van der Waals surface area contributed by atoms with Crippen molar-refractivity contribution in [3.05, 3.63) is 0 Å². The van der Waals surface area contributed by atoms with Gasteiger partial charge in [0.1, 0.15) is 0 Å². The molecule has 2 aliphatic rings. The molecule has 122 valence electrons. The lowest BCUT2D eigenvalue weighted by molar-refractivity contribution is -0.125. The lowest BCUT2D eigenvalue weighted by atomic mass is 9.81. The zero-order valence-electron chi connectivity index (χ0n) is 13.7. The highest BCUT2D eigenvalue weighted by Crippen LogP contribution is 2.30. The van der Waals surface area contributed by atoms with Crippen LogP contribution >= 0.6 is 0 Å². The number of amides is 1. The van der Waals surface area contributed by atoms with E-state index in [4.69, 9.17) is 4.74 Å². The third kappa shape index (κ3) is 4.96. The van der Waals surface area contributed by atoms with Crippen molar-refractivity contribution in [2.75, 3.05) is 26.3 Å². The summed E-state index contributed by atoms with van der Waals surface area (Å²) in [5.41, 5.74) is 0. The fourth-order valence-corrected chi connectivity index (χ4v) is 3.56. The van der Waals surface area contributed by atoms with Crippen LogP contribution in [0.4, 0.5) is 0 Å². The number of hydrogen-bond donors (Lipinski definition) is 2. The first-order valence-electron chi connectivity index (χ1n) is 8.83. The van der Waals surface area contributed by atoms with E-state index in [-0.39, 0.29) is 17.9 Å². The van der Waals surface area contributed by atoms with E-state index in [1.807, 2.05) is 0 Å². The maximum absolute atomic E-state index is 12.4. The van der Waals surface area contributed by atoms with E-state index in [0.717, 1.165) is 25.4 Å². The average molecular weight is 296 g/mol. The van der Waals surface area contributed by atoms with Gasteiger partial charge in [-0.05, 0) is 37.6 Å². The first-order chi connectivity index (χ1) is 10.2. The minimum absolute atomic E-state index is 0.0106. The molecule has 0 aromatic rings. The summed E-state index contributed by atoms with van der Waals surface area (Å²) in [5, 5.41) is 6.60. The van der Waals surface area contributed by atoms with Crippen molar-refractivity contribution in [3.63, 3.8) is 0 Å². The summed E-state index contributed by atoms with van der Waals surface area (Å²) in [5.74, 6) is 1.77. The zero-order valence-corrected chi connectivity index (χ0v) is 13.7. The summed E-state index contributed by atoms with van der Waals surface area (Å²) in [6.45, 7) is 7.47. The van der Waals surface area contributed by atoms with Gasteiger partial charge in [0.25, 0.3) is 0 Å². The number of ether oxygens (including phenoxy) is 1. The lowest BCUT2D eigenvalue weighted by Crippen LogP contribution is -2.45. The molecule has 2 fully saturated rings. The molecule has 0 bridgehead atoms. The summed E-state index contributed by atoms with van der Waals surface area (Å²) in [4.78, 5) is 12.4. The van der Waals surface area contributed by atoms with E-state index < -0.39 is 0 Å². The maximum atomic E-state index is 12.4. The van der Waals surface area contributed by atoms with Crippen molar-refractivity contribution in [3.8, 4) is 0 Å². The molecule has 2 atom stereocenters. The van der Waals surface area contributed by atoms with Gasteiger partial charge < -0.3 is 15.4 Å². The van der Waals surface area contributed by atoms with E-state index in [1.54, 1.807) is 0 Å². The van der Waals surface area contributed by atoms with Crippen LogP contribution in [0.5, 0.6) is 0 Å². The van der Waals surface area contributed by atoms with E-state index in [0.29, 0.717) is 19.1 Å². The van der Waals surface area contributed by atoms with Gasteiger partial charge in [-0.3, -0.25) is 4.79 Å². The SMILES string of the molecule is CCCNC1COCC1C(=O)NCC1CCC(CC)CC1. The fraction of sp³-hybridized carbons (Fsp3) is 0.941. The smallest absolute Gasteiger partial charge is 0.227 e. The highest BCUT2D eigenvalue weighted by atomic mass is 16.5. The highest BCUT2D eigenvalue weighted by Gasteiger charge is 2.33. The Hall–Kier alpha value is -0.610. The number of hydrogen-bond acceptors (Lipinski definition) is 3. The molecule has 1 aliphatic carbocycles. The molecule has 2 N–H and O–H groups in total. The quantitative estimate of drug-likeness (QED) is 0.758. The third-order valence-corrected chi connectivity index (χ3v) is 5.18. The van der Waals surface area contributed by atoms with Gasteiger partial charge in [-0.1, -0.05) is 33.1 Å². The molecule has 21 heavy (non-hydrogen) atoms. The van der Waals surface area contributed by atoms with Gasteiger partial charge in [0, 0.05) is 12.6 Å². The largest absolute Gasteiger partial charge is 0.379 e. The van der Waals surface area contributed by atoms with Crippen LogP contribution in [-0.2, 0) is 9.53 Å². The van der Waals surface area contributed by atoms with Crippen LogP contribution in [-0.4, -0.2) is 38.3 Å². The minimum Gasteiger partial charge on any atom is -0.379 e. The average Bonchev–Trinajstić information content (AvgIpc) is 2.99. The van der Waals surface area contributed by atoms with Crippen LogP contribution in [0.2, 0.25) is 0 Å². The van der Waals surface area contributed by atoms with Crippen molar-refractivity contribution >= 4 is 5.91 Å². The Bertz CT molecular complexity index is 314. The van der Waals surface area contributed by atoms with Crippen molar-refractivity contribution in [2.45, 2.75) is 58.4 Å². The molecular formula is C17H32N2O2. The van der Waals surface area contributed by atoms with Crippen LogP contribution in [0.25, 0.3) is 0 Å². The monoisotopic (exact) mass is 296 g/mol. The predicted octanol–water partition coefficient (Wildman–Crippen LogP) is 2.33. The van der Waals surface area contributed by atoms with Crippen LogP contribution in [0, 0.1) is 17.8 Å². The van der Waals surface area contributed by atoms with E-state index in [2.05, 4.69) is 24.5 Å². The molecule has 0 radical (unpaired) electrons. The zero-order chi connectivity index (χ0) is 15.1. The van der Waals surface area contributed by atoms with Gasteiger partial charge in [-0.25, -0.2) is 0 Å². The Morgan fingerprint density at radius 1 is 1.10 bits per heavy atom. The van der Waals surface area contributed by atoms with Crippen molar-refractivity contribution in [1.29, 1.82) is 0 Å². The molecule has 4 heteroatoms. The Kier molecular flexibility index (Phi) is 6.97. The third-order valence-electron chi connectivity index (χ3n) is 5.18. The molecular weight excluding hydrogens is 264 g/mol. The molecule has 4 nitrogen and oxygen atoms in total. The molecule has 0 aromatic heterocycles. The Labute approximate surface area is 129 Å². The van der Waals surface area contributed by atoms with E-state index in [1.165, 1.54) is 32.1 Å². The van der Waals surface area contributed by atoms with E-state index >= 15 is 0 Å². The molecule has 2 rings (SSSR count). The minimum atomic E-state index is -0.0106. The molecule has 2 unspecified atom stereocenters. The summed E-state index contributed by atoms with van der Waals surface area (Å²) in [6, 6.07) is 0.195. The first-order valence-corrected chi connectivity index (χ1v) is 8.83. The molecule has 1 aliphatic heterocycles. The topological polar surface area (TPSA) is 50.4 Å². The van der Waals surface area contributed by atoms with Crippen molar-refractivity contribution < 1.29 is 9.53 Å². The summed E-state index contributed by atoms with van der Waals surface area (Å²) in [7, 11) is 0. The normalized spacial score (nSPS) is 33.0. The second-order valence-electron chi connectivity index (χ2n) is 6.74. The molecule has 1 heterocycles. The molecule has 1 amide bonds. The molecule has 1 saturated carbocycles. The van der Waals surface area contributed by atoms with Gasteiger partial charge in [0.15, 0.2) is 0 Å². The van der Waals surface area contributed by atoms with Crippen LogP contribution < -0.4 is 10.6 Å². The summed E-state index contributed by atoms with van der Waals surface area (Å²) < 4.78 is 5.49. The van der Waals surface area contributed by atoms with Gasteiger partial charge >= 0.3 is 0 Å². The number of carbonyl (C=O) groups excluding carboxylic acids is 1. The van der Waals surface area contributed by atoms with Gasteiger partial charge in [-0.2, -0.15) is 0 Å². The maximum Gasteiger partial charge on any atom is 0.227 e. The highest BCUT2D eigenvalue weighted by molar-refractivity contribution is 5.79. The van der Waals surface area contributed by atoms with Crippen LogP contribution in [0.1, 0.15) is 52.4 Å². The molecule has 1 saturated heterocycles. The second kappa shape index (κ2) is 8.74. The summed E-state index contributed by atoms with van der Waals surface area (Å²) >= 11 is 0. The predicted molar refractivity (Wildman–Crippen MR) is 85.1 cm³/mol. The molecule has 0 spiro atoms. The van der Waals surface area contributed by atoms with Gasteiger partial charge in [0.2, 0.25) is 5.91 Å². The number of nitrogens with one attached hydrogen (secondary N) is 2. The van der Waals surface area contributed by atoms with Crippen LogP contribution in [0.15, 0.2) is 0 Å². The fourth-order valence-electron chi connectivity index (χ4n) is 3.56. The van der Waals surface area contributed by atoms with E-state index in [9.17, 15) is 4.79 Å². The van der Waals surface area contributed by atoms with Gasteiger partial charge in [0.05, 0.1) is 19.1 Å². The lowest BCUT2D eigenvalue weighted by Gasteiger charge is -2.28. The van der Waals surface area contributed by atoms with Crippen molar-refractivity contribution in [1.82, 2.24) is 10.6 Å². The Balaban J connectivity index is 1.69. The first kappa shape index (κ1) is 16.8. The standard InChI is InChI=1S/C17H32N2O2/c1-3-9-18-16-12-21-11-15(16)17(20)19-10-14-7-5-13(4-2)6-8-14/h13-16,18H,3-12H2,1-2H3,(H,19,20).